The first kappa shape index (κ1) is 23.6. The molecule has 4 rings (SSSR count). The molecule has 0 radical (unpaired) electrons. The number of hydrogen-bond donors (Lipinski definition) is 0. The first-order valence-electron chi connectivity index (χ1n) is 10.3. The molecule has 33 heavy (non-hydrogen) atoms. The molecule has 2 aromatic carbocycles. The minimum absolute atomic E-state index is 0.0184. The lowest BCUT2D eigenvalue weighted by atomic mass is 9.93. The average Bonchev–Trinajstić information content (AvgIpc) is 3.28. The first-order valence-corrected chi connectivity index (χ1v) is 13.0. The maximum absolute atomic E-state index is 13.6. The van der Waals surface area contributed by atoms with Crippen LogP contribution in [0.1, 0.15) is 22.0 Å². The molecule has 172 valence electrons. The van der Waals surface area contributed by atoms with Gasteiger partial charge in [-0.3, -0.25) is 4.79 Å². The normalized spacial score (nSPS) is 16.0. The highest BCUT2D eigenvalue weighted by atomic mass is 35.5. The second-order valence-corrected chi connectivity index (χ2v) is 11.0. The molecule has 1 aliphatic rings. The van der Waals surface area contributed by atoms with Crippen molar-refractivity contribution in [3.05, 3.63) is 99.5 Å². The van der Waals surface area contributed by atoms with Gasteiger partial charge < -0.3 is 4.90 Å². The Morgan fingerprint density at radius 1 is 1.18 bits per heavy atom. The van der Waals surface area contributed by atoms with Crippen molar-refractivity contribution in [1.29, 1.82) is 0 Å². The minimum Gasteiger partial charge on any atom is -0.330 e. The zero-order valence-electron chi connectivity index (χ0n) is 17.7. The topological polar surface area (TPSA) is 57.7 Å². The number of hydrogen-bond acceptors (Lipinski definition) is 4. The number of sulfonamides is 1. The molecular weight excluding hydrogens is 483 g/mol. The number of thiophene rings is 1. The van der Waals surface area contributed by atoms with Gasteiger partial charge in [-0.25, -0.2) is 12.8 Å². The molecule has 9 heteroatoms. The monoisotopic (exact) mass is 504 g/mol. The Balaban J connectivity index is 1.65. The van der Waals surface area contributed by atoms with E-state index >= 15 is 0 Å². The Hall–Kier alpha value is -2.52. The molecule has 1 aromatic heterocycles. The summed E-state index contributed by atoms with van der Waals surface area (Å²) in [7, 11) is -3.94. The molecule has 5 nitrogen and oxygen atoms in total. The number of amides is 1. The molecule has 0 saturated heterocycles. The fourth-order valence-electron chi connectivity index (χ4n) is 3.98. The van der Waals surface area contributed by atoms with Crippen LogP contribution in [0.15, 0.2) is 77.5 Å². The van der Waals surface area contributed by atoms with E-state index in [1.807, 2.05) is 11.4 Å². The van der Waals surface area contributed by atoms with E-state index in [4.69, 9.17) is 11.6 Å². The smallest absolute Gasteiger partial charge is 0.243 e. The van der Waals surface area contributed by atoms with Crippen molar-refractivity contribution in [2.75, 3.05) is 19.6 Å². The summed E-state index contributed by atoms with van der Waals surface area (Å²) < 4.78 is 41.1. The summed E-state index contributed by atoms with van der Waals surface area (Å²) in [5, 5.41) is 2.40. The third-order valence-electron chi connectivity index (χ3n) is 5.57. The first-order chi connectivity index (χ1) is 15.8. The summed E-state index contributed by atoms with van der Waals surface area (Å²) in [6.45, 7) is 3.73. The van der Waals surface area contributed by atoms with Gasteiger partial charge in [-0.1, -0.05) is 29.8 Å². The van der Waals surface area contributed by atoms with E-state index in [9.17, 15) is 17.6 Å². The van der Waals surface area contributed by atoms with E-state index in [1.54, 1.807) is 28.4 Å². The minimum atomic E-state index is -3.94. The molecule has 2 heterocycles. The number of nitrogens with zero attached hydrogens (tertiary/aromatic N) is 2. The lowest BCUT2D eigenvalue weighted by Gasteiger charge is -2.37. The van der Waals surface area contributed by atoms with Crippen molar-refractivity contribution in [2.45, 2.75) is 17.4 Å². The predicted molar refractivity (Wildman–Crippen MR) is 128 cm³/mol. The lowest BCUT2D eigenvalue weighted by molar-refractivity contribution is -0.133. The Morgan fingerprint density at radius 2 is 1.88 bits per heavy atom. The van der Waals surface area contributed by atoms with Gasteiger partial charge in [0.25, 0.3) is 0 Å². The molecule has 1 atom stereocenters. The van der Waals surface area contributed by atoms with Crippen LogP contribution in [0.4, 0.5) is 4.39 Å². The Labute approximate surface area is 201 Å². The fraction of sp³-hybridized carbons (Fsp3) is 0.208. The molecule has 3 aromatic rings. The van der Waals surface area contributed by atoms with Gasteiger partial charge in [0.15, 0.2) is 0 Å². The summed E-state index contributed by atoms with van der Waals surface area (Å²) in [6.07, 6.45) is 2.13. The van der Waals surface area contributed by atoms with Crippen LogP contribution in [0, 0.1) is 5.82 Å². The van der Waals surface area contributed by atoms with Gasteiger partial charge in [-0.2, -0.15) is 4.31 Å². The van der Waals surface area contributed by atoms with Gasteiger partial charge in [0, 0.05) is 23.0 Å². The molecule has 0 saturated carbocycles. The van der Waals surface area contributed by atoms with E-state index < -0.39 is 16.1 Å². The number of halogens is 2. The quantitative estimate of drug-likeness (QED) is 0.430. The Morgan fingerprint density at radius 3 is 2.55 bits per heavy atom. The van der Waals surface area contributed by atoms with E-state index in [1.165, 1.54) is 47.4 Å². The molecule has 0 aliphatic carbocycles. The molecule has 0 spiro atoms. The van der Waals surface area contributed by atoms with Crippen LogP contribution >= 0.6 is 22.9 Å². The van der Waals surface area contributed by atoms with Gasteiger partial charge in [0.05, 0.1) is 17.5 Å². The highest BCUT2D eigenvalue weighted by molar-refractivity contribution is 7.89. The van der Waals surface area contributed by atoms with Crippen LogP contribution in [-0.2, 0) is 21.2 Å². The third-order valence-corrected chi connectivity index (χ3v) is 8.64. The summed E-state index contributed by atoms with van der Waals surface area (Å²) in [5.41, 5.74) is 1.77. The zero-order chi connectivity index (χ0) is 23.6. The highest BCUT2D eigenvalue weighted by Gasteiger charge is 2.35. The standard InChI is InChI=1S/C24H22ClFN2O3S2/c1-2-13-27(33(30,31)20-9-5-18(25)6-10-20)16-23(29)28-14-11-22-21(12-15-32-22)24(28)17-3-7-19(26)8-4-17/h2-10,12,15,24H,1,11,13-14,16H2. The lowest BCUT2D eigenvalue weighted by Crippen LogP contribution is -2.46. The van der Waals surface area contributed by atoms with Crippen LogP contribution in [0.5, 0.6) is 0 Å². The summed E-state index contributed by atoms with van der Waals surface area (Å²) in [4.78, 5) is 16.4. The average molecular weight is 505 g/mol. The van der Waals surface area contributed by atoms with Crippen molar-refractivity contribution in [3.63, 3.8) is 0 Å². The maximum Gasteiger partial charge on any atom is 0.243 e. The van der Waals surface area contributed by atoms with Gasteiger partial charge >= 0.3 is 0 Å². The Kier molecular flexibility index (Phi) is 6.99. The molecular formula is C24H22ClFN2O3S2. The van der Waals surface area contributed by atoms with Gasteiger partial charge in [0.2, 0.25) is 15.9 Å². The Bertz CT molecular complexity index is 1260. The van der Waals surface area contributed by atoms with Gasteiger partial charge in [-0.05, 0) is 65.4 Å². The number of rotatable bonds is 7. The largest absolute Gasteiger partial charge is 0.330 e. The van der Waals surface area contributed by atoms with Crippen LogP contribution < -0.4 is 0 Å². The second kappa shape index (κ2) is 9.77. The van der Waals surface area contributed by atoms with E-state index in [-0.39, 0.29) is 29.7 Å². The number of benzene rings is 2. The molecule has 1 unspecified atom stereocenters. The van der Waals surface area contributed by atoms with Crippen molar-refractivity contribution in [3.8, 4) is 0 Å². The predicted octanol–water partition coefficient (Wildman–Crippen LogP) is 4.89. The van der Waals surface area contributed by atoms with Crippen molar-refractivity contribution in [1.82, 2.24) is 9.21 Å². The zero-order valence-corrected chi connectivity index (χ0v) is 20.0. The maximum atomic E-state index is 13.6. The molecule has 1 aliphatic heterocycles. The van der Waals surface area contributed by atoms with E-state index in [0.717, 1.165) is 15.4 Å². The summed E-state index contributed by atoms with van der Waals surface area (Å²) >= 11 is 7.52. The number of carbonyl (C=O) groups excluding carboxylic acids is 1. The van der Waals surface area contributed by atoms with Crippen LogP contribution in [0.2, 0.25) is 5.02 Å². The highest BCUT2D eigenvalue weighted by Crippen LogP contribution is 2.38. The van der Waals surface area contributed by atoms with E-state index in [0.29, 0.717) is 18.0 Å². The SMILES string of the molecule is C=CCN(CC(=O)N1CCc2sccc2C1c1ccc(F)cc1)S(=O)(=O)c1ccc(Cl)cc1. The summed E-state index contributed by atoms with van der Waals surface area (Å²) in [5.74, 6) is -0.690. The number of fused-ring (bicyclic) bond motifs is 1. The van der Waals surface area contributed by atoms with Crippen LogP contribution in [-0.4, -0.2) is 43.2 Å². The van der Waals surface area contributed by atoms with Crippen LogP contribution in [0.3, 0.4) is 0 Å². The van der Waals surface area contributed by atoms with E-state index in [2.05, 4.69) is 6.58 Å². The van der Waals surface area contributed by atoms with Crippen molar-refractivity contribution < 1.29 is 17.6 Å². The number of carbonyl (C=O) groups is 1. The fourth-order valence-corrected chi connectivity index (χ4v) is 6.37. The molecule has 1 amide bonds. The molecule has 0 N–H and O–H groups in total. The second-order valence-electron chi connectivity index (χ2n) is 7.63. The third kappa shape index (κ3) is 4.89. The summed E-state index contributed by atoms with van der Waals surface area (Å²) in [6, 6.07) is 13.5. The molecule has 0 bridgehead atoms. The van der Waals surface area contributed by atoms with Gasteiger partial charge in [0.1, 0.15) is 5.82 Å². The molecule has 0 fully saturated rings. The van der Waals surface area contributed by atoms with Crippen molar-refractivity contribution in [2.24, 2.45) is 0 Å². The van der Waals surface area contributed by atoms with Crippen LogP contribution in [0.25, 0.3) is 0 Å². The van der Waals surface area contributed by atoms with Crippen molar-refractivity contribution >= 4 is 38.9 Å². The van der Waals surface area contributed by atoms with Gasteiger partial charge in [-0.15, -0.1) is 17.9 Å².